The number of hydrogen-bond donors (Lipinski definition) is 4. The molecule has 0 saturated carbocycles. The zero-order chi connectivity index (χ0) is 29.0. The lowest BCUT2D eigenvalue weighted by molar-refractivity contribution is 0.0974. The highest BCUT2D eigenvalue weighted by Gasteiger charge is 2.37. The van der Waals surface area contributed by atoms with Crippen LogP contribution in [0.15, 0.2) is 80.0 Å². The molecular weight excluding hydrogens is 568 g/mol. The molecule has 0 amide bonds. The number of fused-ring (bicyclic) bond motifs is 4. The number of H-pyrrole nitrogens is 2. The van der Waals surface area contributed by atoms with Crippen LogP contribution in [0.4, 0.5) is 0 Å². The summed E-state index contributed by atoms with van der Waals surface area (Å²) in [7, 11) is -9.56. The lowest BCUT2D eigenvalue weighted by atomic mass is 9.84. The SMILES string of the molecule is O=C1c2cccc(S(=O)(=O)O)c2C(=O)c2cccc(S(=O)(=O)O)c21.O=c1[nH]c(=O)c2nc3ccccc3nc2[nH]1. The molecule has 0 unspecified atom stereocenters. The smallest absolute Gasteiger partial charge is 0.290 e. The van der Waals surface area contributed by atoms with Gasteiger partial charge in [-0.2, -0.15) is 16.8 Å². The maximum atomic E-state index is 12.6. The Balaban J connectivity index is 0.000000174. The molecule has 0 radical (unpaired) electrons. The van der Waals surface area contributed by atoms with Gasteiger partial charge in [0.2, 0.25) is 0 Å². The van der Waals surface area contributed by atoms with Gasteiger partial charge in [0.15, 0.2) is 22.7 Å². The summed E-state index contributed by atoms with van der Waals surface area (Å²) < 4.78 is 64.3. The number of ketones is 2. The van der Waals surface area contributed by atoms with Crippen molar-refractivity contribution in [3.05, 3.63) is 104 Å². The molecule has 3 aromatic carbocycles. The van der Waals surface area contributed by atoms with Crippen LogP contribution in [0.25, 0.3) is 22.2 Å². The number of carbonyl (C=O) groups is 2. The first-order valence-corrected chi connectivity index (χ1v) is 13.8. The average Bonchev–Trinajstić information content (AvgIpc) is 2.89. The Bertz CT molecular complexity index is 2160. The van der Waals surface area contributed by atoms with Crippen molar-refractivity contribution in [1.82, 2.24) is 19.9 Å². The van der Waals surface area contributed by atoms with E-state index in [2.05, 4.69) is 19.9 Å². The second kappa shape index (κ2) is 9.38. The van der Waals surface area contributed by atoms with Crippen LogP contribution in [0.1, 0.15) is 31.8 Å². The Kier molecular flexibility index (Phi) is 6.26. The van der Waals surface area contributed by atoms with E-state index in [1.54, 1.807) is 12.1 Å². The molecule has 1 aliphatic carbocycles. The van der Waals surface area contributed by atoms with E-state index in [0.717, 1.165) is 36.4 Å². The molecule has 0 atom stereocenters. The number of benzene rings is 3. The zero-order valence-corrected chi connectivity index (χ0v) is 21.3. The number of para-hydroxylation sites is 2. The van der Waals surface area contributed by atoms with Gasteiger partial charge in [-0.05, 0) is 24.3 Å². The van der Waals surface area contributed by atoms with Crippen LogP contribution in [-0.4, -0.2) is 57.4 Å². The first-order chi connectivity index (χ1) is 18.8. The van der Waals surface area contributed by atoms with Crippen molar-refractivity contribution in [2.75, 3.05) is 0 Å². The molecule has 2 aromatic heterocycles. The fourth-order valence-corrected chi connectivity index (χ4v) is 5.58. The Morgan fingerprint density at radius 2 is 1.07 bits per heavy atom. The van der Waals surface area contributed by atoms with Crippen LogP contribution in [0.3, 0.4) is 0 Å². The predicted molar refractivity (Wildman–Crippen MR) is 138 cm³/mol. The second-order valence-electron chi connectivity index (χ2n) is 8.28. The summed E-state index contributed by atoms with van der Waals surface area (Å²) in [5.41, 5.74) is -1.35. The molecular formula is C24H14N4O10S2. The second-order valence-corrected chi connectivity index (χ2v) is 11.1. The third-order valence-electron chi connectivity index (χ3n) is 5.80. The van der Waals surface area contributed by atoms with E-state index in [4.69, 9.17) is 0 Å². The van der Waals surface area contributed by atoms with Crippen molar-refractivity contribution in [3.8, 4) is 0 Å². The average molecular weight is 583 g/mol. The van der Waals surface area contributed by atoms with Crippen LogP contribution in [-0.2, 0) is 20.2 Å². The standard InChI is InChI=1S/C14H8O8S2.C10H6N4O2/c15-13-7-3-1-5-9(23(17,18)19)11(7)14(16)8-4-2-6-10(12(8)13)24(20,21)22;15-9-7-8(13-10(16)14-9)12-6-4-2-1-3-5(6)11-7/h1-6H,(H,17,18,19)(H,20,21,22);1-4H,(H2,12,13,14,15,16). The van der Waals surface area contributed by atoms with E-state index in [1.165, 1.54) is 0 Å². The molecule has 0 fully saturated rings. The summed E-state index contributed by atoms with van der Waals surface area (Å²) >= 11 is 0. The summed E-state index contributed by atoms with van der Waals surface area (Å²) in [5.74, 6) is -1.89. The van der Waals surface area contributed by atoms with Crippen molar-refractivity contribution >= 4 is 54.0 Å². The lowest BCUT2D eigenvalue weighted by Gasteiger charge is -2.20. The summed E-state index contributed by atoms with van der Waals surface area (Å²) in [6.07, 6.45) is 0. The molecule has 2 heterocycles. The van der Waals surface area contributed by atoms with E-state index in [9.17, 15) is 45.1 Å². The monoisotopic (exact) mass is 582 g/mol. The summed E-state index contributed by atoms with van der Waals surface area (Å²) in [5, 5.41) is 0. The van der Waals surface area contributed by atoms with E-state index in [0.29, 0.717) is 11.0 Å². The summed E-state index contributed by atoms with van der Waals surface area (Å²) in [6, 6.07) is 13.6. The molecule has 1 aliphatic rings. The van der Waals surface area contributed by atoms with Crippen LogP contribution < -0.4 is 11.2 Å². The topological polar surface area (TPSA) is 234 Å². The minimum atomic E-state index is -4.78. The van der Waals surface area contributed by atoms with Crippen molar-refractivity contribution in [2.45, 2.75) is 9.79 Å². The molecule has 16 heteroatoms. The van der Waals surface area contributed by atoms with Gasteiger partial charge in [0.1, 0.15) is 9.79 Å². The van der Waals surface area contributed by atoms with Crippen molar-refractivity contribution in [2.24, 2.45) is 0 Å². The number of nitrogens with one attached hydrogen (secondary N) is 2. The van der Waals surface area contributed by atoms with Gasteiger partial charge in [0.25, 0.3) is 25.8 Å². The van der Waals surface area contributed by atoms with E-state index in [-0.39, 0.29) is 22.3 Å². The normalized spacial score (nSPS) is 12.9. The fraction of sp³-hybridized carbons (Fsp3) is 0. The number of aromatic amines is 2. The molecule has 0 saturated heterocycles. The molecule has 40 heavy (non-hydrogen) atoms. The number of aromatic nitrogens is 4. The molecule has 5 aromatic rings. The molecule has 0 spiro atoms. The van der Waals surface area contributed by atoms with Gasteiger partial charge >= 0.3 is 5.69 Å². The van der Waals surface area contributed by atoms with Gasteiger partial charge < -0.3 is 0 Å². The van der Waals surface area contributed by atoms with Crippen LogP contribution in [0.2, 0.25) is 0 Å². The van der Waals surface area contributed by atoms with E-state index < -0.39 is 64.0 Å². The molecule has 4 N–H and O–H groups in total. The number of nitrogens with zero attached hydrogens (tertiary/aromatic N) is 2. The molecule has 0 aliphatic heterocycles. The minimum absolute atomic E-state index is 0.137. The van der Waals surface area contributed by atoms with Crippen molar-refractivity contribution < 1.29 is 35.5 Å². The maximum absolute atomic E-state index is 12.6. The Morgan fingerprint density at radius 1 is 0.600 bits per heavy atom. The number of hydrogen-bond acceptors (Lipinski definition) is 10. The third-order valence-corrected chi connectivity index (χ3v) is 7.59. The zero-order valence-electron chi connectivity index (χ0n) is 19.6. The molecule has 202 valence electrons. The van der Waals surface area contributed by atoms with Gasteiger partial charge in [0.05, 0.1) is 22.2 Å². The minimum Gasteiger partial charge on any atom is -0.290 e. The largest absolute Gasteiger partial charge is 0.327 e. The number of rotatable bonds is 2. The van der Waals surface area contributed by atoms with Gasteiger partial charge in [-0.3, -0.25) is 33.5 Å². The summed E-state index contributed by atoms with van der Waals surface area (Å²) in [4.78, 5) is 59.1. The highest BCUT2D eigenvalue weighted by atomic mass is 32.2. The highest BCUT2D eigenvalue weighted by molar-refractivity contribution is 7.86. The van der Waals surface area contributed by atoms with Crippen molar-refractivity contribution in [1.29, 1.82) is 0 Å². The van der Waals surface area contributed by atoms with Crippen LogP contribution >= 0.6 is 0 Å². The quantitative estimate of drug-likeness (QED) is 0.166. The first-order valence-electron chi connectivity index (χ1n) is 11.0. The third kappa shape index (κ3) is 4.60. The lowest BCUT2D eigenvalue weighted by Crippen LogP contribution is -2.25. The van der Waals surface area contributed by atoms with Crippen LogP contribution in [0.5, 0.6) is 0 Å². The van der Waals surface area contributed by atoms with Crippen LogP contribution in [0, 0.1) is 0 Å². The molecule has 14 nitrogen and oxygen atoms in total. The predicted octanol–water partition coefficient (Wildman–Crippen LogP) is 1.11. The van der Waals surface area contributed by atoms with Crippen molar-refractivity contribution in [3.63, 3.8) is 0 Å². The Labute approximate surface area is 222 Å². The Hall–Kier alpha value is -4.90. The fourth-order valence-electron chi connectivity index (χ4n) is 4.15. The first kappa shape index (κ1) is 26.7. The molecule has 0 bridgehead atoms. The molecule has 6 rings (SSSR count). The highest BCUT2D eigenvalue weighted by Crippen LogP contribution is 2.34. The van der Waals surface area contributed by atoms with Gasteiger partial charge in [-0.25, -0.2) is 14.8 Å². The number of carbonyl (C=O) groups excluding carboxylic acids is 2. The van der Waals surface area contributed by atoms with E-state index in [1.807, 2.05) is 12.1 Å². The Morgan fingerprint density at radius 3 is 1.55 bits per heavy atom. The summed E-state index contributed by atoms with van der Waals surface area (Å²) in [6.45, 7) is 0. The van der Waals surface area contributed by atoms with Gasteiger partial charge in [0, 0.05) is 11.1 Å². The van der Waals surface area contributed by atoms with E-state index >= 15 is 0 Å². The maximum Gasteiger partial charge on any atom is 0.327 e. The van der Waals surface area contributed by atoms with Gasteiger partial charge in [-0.15, -0.1) is 0 Å². The van der Waals surface area contributed by atoms with Gasteiger partial charge in [-0.1, -0.05) is 36.4 Å².